The first-order chi connectivity index (χ1) is 7.86. The number of nitrogens with zero attached hydrogens (tertiary/aromatic N) is 1. The summed E-state index contributed by atoms with van der Waals surface area (Å²) in [4.78, 5) is 2.79. The van der Waals surface area contributed by atoms with Crippen LogP contribution in [0.25, 0.3) is 0 Å². The Hall–Kier alpha value is -0.0800. The number of piperidine rings is 1. The second kappa shape index (κ2) is 4.66. The van der Waals surface area contributed by atoms with E-state index in [4.69, 9.17) is 0 Å². The van der Waals surface area contributed by atoms with Gasteiger partial charge in [0.05, 0.1) is 0 Å². The van der Waals surface area contributed by atoms with E-state index in [-0.39, 0.29) is 0 Å². The average Bonchev–Trinajstić information content (AvgIpc) is 3.01. The van der Waals surface area contributed by atoms with Crippen molar-refractivity contribution in [2.45, 2.75) is 57.0 Å². The SMILES string of the molecule is CNC(CN1CC2CCC1C2)C1CCCC1. The monoisotopic (exact) mass is 222 g/mol. The fraction of sp³-hybridized carbons (Fsp3) is 1.00. The van der Waals surface area contributed by atoms with Gasteiger partial charge in [-0.2, -0.15) is 0 Å². The van der Waals surface area contributed by atoms with Gasteiger partial charge in [-0.15, -0.1) is 0 Å². The predicted octanol–water partition coefficient (Wildman–Crippen LogP) is 2.25. The smallest absolute Gasteiger partial charge is 0.0220 e. The van der Waals surface area contributed by atoms with Crippen LogP contribution >= 0.6 is 0 Å². The molecule has 2 aliphatic carbocycles. The van der Waals surface area contributed by atoms with Gasteiger partial charge in [0.25, 0.3) is 0 Å². The number of nitrogens with one attached hydrogen (secondary N) is 1. The van der Waals surface area contributed by atoms with Crippen LogP contribution in [0.5, 0.6) is 0 Å². The van der Waals surface area contributed by atoms with E-state index in [9.17, 15) is 0 Å². The highest BCUT2D eigenvalue weighted by Gasteiger charge is 2.39. The first-order valence-electron chi connectivity index (χ1n) is 7.28. The van der Waals surface area contributed by atoms with Gasteiger partial charge in [-0.3, -0.25) is 4.90 Å². The van der Waals surface area contributed by atoms with Crippen molar-refractivity contribution in [3.63, 3.8) is 0 Å². The van der Waals surface area contributed by atoms with Crippen molar-refractivity contribution in [1.82, 2.24) is 10.2 Å². The molecule has 1 N–H and O–H groups in total. The molecule has 0 aromatic rings. The molecule has 3 atom stereocenters. The number of hydrogen-bond donors (Lipinski definition) is 1. The molecule has 0 amide bonds. The number of fused-ring (bicyclic) bond motifs is 2. The van der Waals surface area contributed by atoms with Crippen LogP contribution in [0.2, 0.25) is 0 Å². The maximum absolute atomic E-state index is 3.59. The van der Waals surface area contributed by atoms with Crippen molar-refractivity contribution >= 4 is 0 Å². The van der Waals surface area contributed by atoms with Gasteiger partial charge in [0.2, 0.25) is 0 Å². The standard InChI is InChI=1S/C14H26N2/c1-15-14(12-4-2-3-5-12)10-16-9-11-6-7-13(16)8-11/h11-15H,2-10H2,1H3. The van der Waals surface area contributed by atoms with Crippen molar-refractivity contribution in [1.29, 1.82) is 0 Å². The highest BCUT2D eigenvalue weighted by Crippen LogP contribution is 2.38. The summed E-state index contributed by atoms with van der Waals surface area (Å²) in [6.45, 7) is 2.72. The van der Waals surface area contributed by atoms with E-state index in [1.165, 1.54) is 58.0 Å². The summed E-state index contributed by atoms with van der Waals surface area (Å²) in [7, 11) is 2.16. The fourth-order valence-corrected chi connectivity index (χ4v) is 4.34. The third-order valence-corrected chi connectivity index (χ3v) is 5.29. The molecule has 0 aromatic carbocycles. The summed E-state index contributed by atoms with van der Waals surface area (Å²) in [5.41, 5.74) is 0. The molecule has 1 heterocycles. The molecule has 92 valence electrons. The molecule has 2 saturated carbocycles. The lowest BCUT2D eigenvalue weighted by atomic mass is 9.97. The minimum atomic E-state index is 0.766. The molecular weight excluding hydrogens is 196 g/mol. The second-order valence-corrected chi connectivity index (χ2v) is 6.23. The molecule has 16 heavy (non-hydrogen) atoms. The lowest BCUT2D eigenvalue weighted by Crippen LogP contribution is -2.46. The van der Waals surface area contributed by atoms with E-state index in [2.05, 4.69) is 17.3 Å². The zero-order valence-corrected chi connectivity index (χ0v) is 10.6. The molecule has 2 nitrogen and oxygen atoms in total. The topological polar surface area (TPSA) is 15.3 Å². The number of likely N-dealkylation sites (N-methyl/N-ethyl adjacent to an activating group) is 1. The summed E-state index contributed by atoms with van der Waals surface area (Å²) < 4.78 is 0. The van der Waals surface area contributed by atoms with Gasteiger partial charge in [-0.25, -0.2) is 0 Å². The van der Waals surface area contributed by atoms with Crippen LogP contribution in [0.1, 0.15) is 44.9 Å². The van der Waals surface area contributed by atoms with Gasteiger partial charge < -0.3 is 5.32 Å². The molecule has 3 rings (SSSR count). The van der Waals surface area contributed by atoms with Crippen LogP contribution in [0.15, 0.2) is 0 Å². The van der Waals surface area contributed by atoms with Crippen LogP contribution in [0, 0.1) is 11.8 Å². The van der Waals surface area contributed by atoms with Crippen LogP contribution < -0.4 is 5.32 Å². The third kappa shape index (κ3) is 2.02. The van der Waals surface area contributed by atoms with Gasteiger partial charge in [0.15, 0.2) is 0 Å². The van der Waals surface area contributed by atoms with Gasteiger partial charge in [-0.1, -0.05) is 12.8 Å². The quantitative estimate of drug-likeness (QED) is 0.785. The molecule has 2 bridgehead atoms. The van der Waals surface area contributed by atoms with Crippen molar-refractivity contribution in [2.75, 3.05) is 20.1 Å². The summed E-state index contributed by atoms with van der Waals surface area (Å²) in [6, 6.07) is 1.71. The van der Waals surface area contributed by atoms with Gasteiger partial charge in [0.1, 0.15) is 0 Å². The molecule has 0 aromatic heterocycles. The van der Waals surface area contributed by atoms with E-state index in [0.29, 0.717) is 0 Å². The highest BCUT2D eigenvalue weighted by molar-refractivity contribution is 4.94. The normalized spacial score (nSPS) is 37.3. The van der Waals surface area contributed by atoms with Gasteiger partial charge in [0, 0.05) is 25.2 Å². The first-order valence-corrected chi connectivity index (χ1v) is 7.28. The molecule has 0 radical (unpaired) electrons. The van der Waals surface area contributed by atoms with E-state index >= 15 is 0 Å². The molecule has 3 unspecified atom stereocenters. The molecule has 1 aliphatic heterocycles. The van der Waals surface area contributed by atoms with Crippen molar-refractivity contribution < 1.29 is 0 Å². The second-order valence-electron chi connectivity index (χ2n) is 6.23. The predicted molar refractivity (Wildman–Crippen MR) is 67.5 cm³/mol. The van der Waals surface area contributed by atoms with E-state index in [1.807, 2.05) is 0 Å². The number of likely N-dealkylation sites (tertiary alicyclic amines) is 1. The Bertz CT molecular complexity index is 235. The van der Waals surface area contributed by atoms with Crippen molar-refractivity contribution in [3.05, 3.63) is 0 Å². The Balaban J connectivity index is 1.55. The summed E-state index contributed by atoms with van der Waals surface area (Å²) in [5.74, 6) is 2.01. The summed E-state index contributed by atoms with van der Waals surface area (Å²) in [5, 5.41) is 3.59. The Morgan fingerprint density at radius 1 is 1.19 bits per heavy atom. The van der Waals surface area contributed by atoms with E-state index in [1.54, 1.807) is 0 Å². The maximum atomic E-state index is 3.59. The van der Waals surface area contributed by atoms with Crippen molar-refractivity contribution in [3.8, 4) is 0 Å². The molecule has 3 fully saturated rings. The number of hydrogen-bond acceptors (Lipinski definition) is 2. The molecular formula is C14H26N2. The summed E-state index contributed by atoms with van der Waals surface area (Å²) >= 11 is 0. The van der Waals surface area contributed by atoms with Gasteiger partial charge in [-0.05, 0) is 51.0 Å². The molecule has 3 aliphatic rings. The molecule has 0 spiro atoms. The fourth-order valence-electron chi connectivity index (χ4n) is 4.34. The molecule has 1 saturated heterocycles. The Morgan fingerprint density at radius 2 is 2.00 bits per heavy atom. The minimum absolute atomic E-state index is 0.766. The Labute approximate surface area is 99.8 Å². The highest BCUT2D eigenvalue weighted by atomic mass is 15.2. The van der Waals surface area contributed by atoms with Crippen molar-refractivity contribution in [2.24, 2.45) is 11.8 Å². The zero-order chi connectivity index (χ0) is 11.0. The zero-order valence-electron chi connectivity index (χ0n) is 10.6. The number of rotatable bonds is 4. The minimum Gasteiger partial charge on any atom is -0.315 e. The van der Waals surface area contributed by atoms with E-state index in [0.717, 1.165) is 23.9 Å². The van der Waals surface area contributed by atoms with Crippen LogP contribution in [0.4, 0.5) is 0 Å². The third-order valence-electron chi connectivity index (χ3n) is 5.29. The Kier molecular flexibility index (Phi) is 3.21. The largest absolute Gasteiger partial charge is 0.315 e. The van der Waals surface area contributed by atoms with Gasteiger partial charge >= 0.3 is 0 Å². The molecule has 2 heteroatoms. The maximum Gasteiger partial charge on any atom is 0.0220 e. The average molecular weight is 222 g/mol. The Morgan fingerprint density at radius 3 is 2.56 bits per heavy atom. The lowest BCUT2D eigenvalue weighted by molar-refractivity contribution is 0.172. The van der Waals surface area contributed by atoms with Crippen LogP contribution in [-0.2, 0) is 0 Å². The lowest BCUT2D eigenvalue weighted by Gasteiger charge is -2.33. The van der Waals surface area contributed by atoms with Crippen LogP contribution in [0.3, 0.4) is 0 Å². The summed E-state index contributed by atoms with van der Waals surface area (Å²) in [6.07, 6.45) is 10.4. The van der Waals surface area contributed by atoms with E-state index < -0.39 is 0 Å². The first kappa shape index (κ1) is 11.0. The van der Waals surface area contributed by atoms with Crippen LogP contribution in [-0.4, -0.2) is 37.1 Å².